The lowest BCUT2D eigenvalue weighted by Gasteiger charge is -1.92. The first-order chi connectivity index (χ1) is 8.13. The monoisotopic (exact) mass is 267 g/mol. The minimum absolute atomic E-state index is 0.302. The third kappa shape index (κ3) is 4.97. The number of nitrogens with two attached hydrogens (primary N) is 1. The standard InChI is InChI=1S/C8H6N2O.C3H7NS2/c11-8-9-5-6-3-1-2-4-7(6)10-8;1-2-6-3(4)5/h1-5H,(H,9,10,11);2H2,1H3,(H2,4,5). The van der Waals surface area contributed by atoms with E-state index in [1.54, 1.807) is 6.20 Å². The topological polar surface area (TPSA) is 71.8 Å². The Morgan fingerprint density at radius 3 is 2.82 bits per heavy atom. The summed E-state index contributed by atoms with van der Waals surface area (Å²) in [6.07, 6.45) is 1.56. The van der Waals surface area contributed by atoms with E-state index < -0.39 is 0 Å². The summed E-state index contributed by atoms with van der Waals surface area (Å²) < 4.78 is 0.539. The van der Waals surface area contributed by atoms with Crippen LogP contribution in [0.25, 0.3) is 10.9 Å². The van der Waals surface area contributed by atoms with Crippen LogP contribution in [0.3, 0.4) is 0 Å². The Bertz CT molecular complexity index is 553. The lowest BCUT2D eigenvalue weighted by atomic mass is 10.2. The van der Waals surface area contributed by atoms with Crippen LogP contribution in [0.2, 0.25) is 0 Å². The molecule has 0 fully saturated rings. The van der Waals surface area contributed by atoms with Gasteiger partial charge in [-0.15, -0.1) is 0 Å². The summed E-state index contributed by atoms with van der Waals surface area (Å²) in [5, 5.41) is 0.951. The number of hydrogen-bond donors (Lipinski definition) is 2. The Labute approximate surface area is 109 Å². The van der Waals surface area contributed by atoms with Gasteiger partial charge in [0.2, 0.25) is 0 Å². The summed E-state index contributed by atoms with van der Waals surface area (Å²) in [6, 6.07) is 7.53. The van der Waals surface area contributed by atoms with E-state index in [1.165, 1.54) is 11.8 Å². The van der Waals surface area contributed by atoms with Crippen molar-refractivity contribution in [3.05, 3.63) is 40.9 Å². The predicted octanol–water partition coefficient (Wildman–Crippen LogP) is 1.91. The van der Waals surface area contributed by atoms with Crippen LogP contribution in [-0.2, 0) is 0 Å². The zero-order valence-corrected chi connectivity index (χ0v) is 11.0. The summed E-state index contributed by atoms with van der Waals surface area (Å²) >= 11 is 6.03. The second-order valence-electron chi connectivity index (χ2n) is 3.03. The summed E-state index contributed by atoms with van der Waals surface area (Å²) in [6.45, 7) is 2.02. The SMILES string of the molecule is CCSC(N)=S.O=c1ncc2ccccc2[nH]1. The first-order valence-electron chi connectivity index (χ1n) is 4.99. The van der Waals surface area contributed by atoms with Gasteiger partial charge in [0.25, 0.3) is 0 Å². The van der Waals surface area contributed by atoms with Crippen LogP contribution in [-0.4, -0.2) is 20.0 Å². The van der Waals surface area contributed by atoms with Crippen LogP contribution >= 0.6 is 24.0 Å². The summed E-state index contributed by atoms with van der Waals surface area (Å²) in [5.74, 6) is 0.981. The molecule has 6 heteroatoms. The average molecular weight is 267 g/mol. The molecule has 0 atom stereocenters. The fourth-order valence-corrected chi connectivity index (χ4v) is 1.78. The van der Waals surface area contributed by atoms with E-state index in [-0.39, 0.29) is 5.69 Å². The fourth-order valence-electron chi connectivity index (χ4n) is 1.14. The quantitative estimate of drug-likeness (QED) is 0.772. The summed E-state index contributed by atoms with van der Waals surface area (Å²) in [7, 11) is 0. The van der Waals surface area contributed by atoms with Gasteiger partial charge in [-0.25, -0.2) is 9.78 Å². The number of benzene rings is 1. The fraction of sp³-hybridized carbons (Fsp3) is 0.182. The summed E-state index contributed by atoms with van der Waals surface area (Å²) in [5.41, 5.74) is 5.62. The van der Waals surface area contributed by atoms with Gasteiger partial charge in [0.05, 0.1) is 5.52 Å². The van der Waals surface area contributed by atoms with E-state index in [1.807, 2.05) is 31.2 Å². The van der Waals surface area contributed by atoms with Crippen LogP contribution in [0.4, 0.5) is 0 Å². The molecule has 0 aliphatic rings. The van der Waals surface area contributed by atoms with Crippen LogP contribution in [0.15, 0.2) is 35.3 Å². The number of nitrogens with zero attached hydrogens (tertiary/aromatic N) is 1. The molecule has 0 unspecified atom stereocenters. The van der Waals surface area contributed by atoms with Gasteiger partial charge in [0.1, 0.15) is 4.32 Å². The average Bonchev–Trinajstić information content (AvgIpc) is 2.29. The van der Waals surface area contributed by atoms with E-state index in [9.17, 15) is 4.79 Å². The van der Waals surface area contributed by atoms with Crippen LogP contribution in [0.5, 0.6) is 0 Å². The number of aromatic nitrogens is 2. The molecule has 17 heavy (non-hydrogen) atoms. The number of H-pyrrole nitrogens is 1. The molecule has 4 nitrogen and oxygen atoms in total. The Balaban J connectivity index is 0.000000209. The molecule has 0 aliphatic heterocycles. The van der Waals surface area contributed by atoms with Gasteiger partial charge in [-0.3, -0.25) is 0 Å². The molecule has 90 valence electrons. The highest BCUT2D eigenvalue weighted by molar-refractivity contribution is 8.22. The molecule has 0 saturated carbocycles. The highest BCUT2D eigenvalue weighted by Crippen LogP contribution is 2.05. The molecule has 0 spiro atoms. The number of aromatic amines is 1. The van der Waals surface area contributed by atoms with Crippen molar-refractivity contribution in [2.24, 2.45) is 5.73 Å². The molecule has 3 N–H and O–H groups in total. The second kappa shape index (κ2) is 7.03. The molecule has 1 heterocycles. The second-order valence-corrected chi connectivity index (χ2v) is 5.03. The lowest BCUT2D eigenvalue weighted by Crippen LogP contribution is -2.07. The highest BCUT2D eigenvalue weighted by Gasteiger charge is 1.90. The van der Waals surface area contributed by atoms with Crippen LogP contribution in [0, 0.1) is 0 Å². The van der Waals surface area contributed by atoms with Gasteiger partial charge in [0.15, 0.2) is 0 Å². The van der Waals surface area contributed by atoms with Crippen molar-refractivity contribution in [2.75, 3.05) is 5.75 Å². The minimum atomic E-state index is -0.302. The molecule has 1 aromatic heterocycles. The van der Waals surface area contributed by atoms with Crippen molar-refractivity contribution in [1.29, 1.82) is 0 Å². The predicted molar refractivity (Wildman–Crippen MR) is 77.3 cm³/mol. The van der Waals surface area contributed by atoms with Gasteiger partial charge in [-0.2, -0.15) is 0 Å². The van der Waals surface area contributed by atoms with E-state index in [0.717, 1.165) is 16.7 Å². The largest absolute Gasteiger partial charge is 0.385 e. The third-order valence-corrected chi connectivity index (χ3v) is 2.74. The van der Waals surface area contributed by atoms with Crippen molar-refractivity contribution in [3.63, 3.8) is 0 Å². The van der Waals surface area contributed by atoms with Crippen molar-refractivity contribution in [1.82, 2.24) is 9.97 Å². The number of rotatable bonds is 1. The van der Waals surface area contributed by atoms with Crippen LogP contribution in [0.1, 0.15) is 6.92 Å². The Kier molecular flexibility index (Phi) is 5.65. The number of hydrogen-bond acceptors (Lipinski definition) is 4. The smallest absolute Gasteiger partial charge is 0.345 e. The number of fused-ring (bicyclic) bond motifs is 1. The molecule has 2 aromatic rings. The zero-order valence-electron chi connectivity index (χ0n) is 9.34. The van der Waals surface area contributed by atoms with Crippen molar-refractivity contribution in [2.45, 2.75) is 6.92 Å². The molecule has 0 aliphatic carbocycles. The van der Waals surface area contributed by atoms with E-state index in [2.05, 4.69) is 22.2 Å². The maximum atomic E-state index is 10.7. The van der Waals surface area contributed by atoms with Gasteiger partial charge in [-0.1, -0.05) is 49.1 Å². The molecular formula is C11H13N3OS2. The summed E-state index contributed by atoms with van der Waals surface area (Å²) in [4.78, 5) is 16.9. The van der Waals surface area contributed by atoms with E-state index in [0.29, 0.717) is 4.32 Å². The van der Waals surface area contributed by atoms with Gasteiger partial charge < -0.3 is 10.7 Å². The van der Waals surface area contributed by atoms with Crippen molar-refractivity contribution >= 4 is 39.2 Å². The highest BCUT2D eigenvalue weighted by atomic mass is 32.2. The Morgan fingerprint density at radius 1 is 1.53 bits per heavy atom. The number of thiocarbonyl (C=S) groups is 1. The number of nitrogens with one attached hydrogen (secondary N) is 1. The number of thioether (sulfide) groups is 1. The van der Waals surface area contributed by atoms with Gasteiger partial charge in [-0.05, 0) is 11.8 Å². The molecule has 0 radical (unpaired) electrons. The maximum Gasteiger partial charge on any atom is 0.345 e. The molecule has 0 bridgehead atoms. The third-order valence-electron chi connectivity index (χ3n) is 1.81. The molecule has 0 saturated heterocycles. The number of para-hydroxylation sites is 1. The minimum Gasteiger partial charge on any atom is -0.385 e. The first-order valence-corrected chi connectivity index (χ1v) is 6.39. The van der Waals surface area contributed by atoms with E-state index >= 15 is 0 Å². The van der Waals surface area contributed by atoms with Crippen molar-refractivity contribution < 1.29 is 0 Å². The first kappa shape index (κ1) is 13.7. The van der Waals surface area contributed by atoms with Gasteiger partial charge >= 0.3 is 5.69 Å². The Morgan fingerprint density at radius 2 is 2.24 bits per heavy atom. The van der Waals surface area contributed by atoms with E-state index in [4.69, 9.17) is 5.73 Å². The molecular weight excluding hydrogens is 254 g/mol. The van der Waals surface area contributed by atoms with Crippen molar-refractivity contribution in [3.8, 4) is 0 Å². The molecule has 1 aromatic carbocycles. The molecule has 0 amide bonds. The van der Waals surface area contributed by atoms with Crippen LogP contribution < -0.4 is 11.4 Å². The van der Waals surface area contributed by atoms with Gasteiger partial charge in [0, 0.05) is 11.6 Å². The normalized spacial score (nSPS) is 9.47. The lowest BCUT2D eigenvalue weighted by molar-refractivity contribution is 1.12. The molecule has 2 rings (SSSR count). The Hall–Kier alpha value is -1.40. The maximum absolute atomic E-state index is 10.7. The zero-order chi connectivity index (χ0) is 12.7.